The van der Waals surface area contributed by atoms with Gasteiger partial charge in [0.1, 0.15) is 0 Å². The first-order chi connectivity index (χ1) is 8.06. The standard InChI is InChI=1S/C12H12BrClN2S/c1-8-5-12(16(2)15-8)17-7-9-3-4-10(13)6-11(9)14/h3-6H,7H2,1-2H3. The SMILES string of the molecule is Cc1cc(SCc2ccc(Br)cc2Cl)n(C)n1. The van der Waals surface area contributed by atoms with Crippen LogP contribution in [0.25, 0.3) is 0 Å². The average Bonchev–Trinajstić information content (AvgIpc) is 2.56. The Morgan fingerprint density at radius 3 is 2.76 bits per heavy atom. The van der Waals surface area contributed by atoms with E-state index in [1.54, 1.807) is 11.8 Å². The summed E-state index contributed by atoms with van der Waals surface area (Å²) < 4.78 is 2.90. The van der Waals surface area contributed by atoms with E-state index < -0.39 is 0 Å². The monoisotopic (exact) mass is 330 g/mol. The minimum absolute atomic E-state index is 0.797. The van der Waals surface area contributed by atoms with E-state index in [0.29, 0.717) is 0 Å². The minimum Gasteiger partial charge on any atom is -0.262 e. The third-order valence-electron chi connectivity index (χ3n) is 2.35. The van der Waals surface area contributed by atoms with Crippen LogP contribution in [0.3, 0.4) is 0 Å². The fourth-order valence-corrected chi connectivity index (χ4v) is 3.37. The van der Waals surface area contributed by atoms with E-state index in [1.807, 2.05) is 36.9 Å². The van der Waals surface area contributed by atoms with Crippen LogP contribution < -0.4 is 0 Å². The maximum Gasteiger partial charge on any atom is 0.0942 e. The van der Waals surface area contributed by atoms with Crippen LogP contribution in [0.5, 0.6) is 0 Å². The maximum atomic E-state index is 6.17. The normalized spacial score (nSPS) is 10.8. The van der Waals surface area contributed by atoms with Crippen molar-refractivity contribution >= 4 is 39.3 Å². The highest BCUT2D eigenvalue weighted by Crippen LogP contribution is 2.28. The average molecular weight is 332 g/mol. The molecular weight excluding hydrogens is 320 g/mol. The second-order valence-corrected chi connectivity index (χ2v) is 6.09. The van der Waals surface area contributed by atoms with Gasteiger partial charge in [0.2, 0.25) is 0 Å². The molecule has 5 heteroatoms. The fourth-order valence-electron chi connectivity index (χ4n) is 1.51. The molecule has 0 unspecified atom stereocenters. The number of hydrogen-bond acceptors (Lipinski definition) is 2. The van der Waals surface area contributed by atoms with Crippen molar-refractivity contribution in [2.45, 2.75) is 17.7 Å². The van der Waals surface area contributed by atoms with Crippen molar-refractivity contribution in [3.63, 3.8) is 0 Å². The molecule has 1 aromatic carbocycles. The van der Waals surface area contributed by atoms with E-state index in [1.165, 1.54) is 0 Å². The molecule has 0 amide bonds. The lowest BCUT2D eigenvalue weighted by Gasteiger charge is -2.04. The van der Waals surface area contributed by atoms with Crippen molar-refractivity contribution in [3.05, 3.63) is 45.0 Å². The van der Waals surface area contributed by atoms with Crippen LogP contribution in [0.2, 0.25) is 5.02 Å². The van der Waals surface area contributed by atoms with E-state index in [9.17, 15) is 0 Å². The predicted octanol–water partition coefficient (Wildman–Crippen LogP) is 4.44. The van der Waals surface area contributed by atoms with Crippen LogP contribution in [0.4, 0.5) is 0 Å². The number of hydrogen-bond donors (Lipinski definition) is 0. The molecule has 1 aromatic heterocycles. The maximum absolute atomic E-state index is 6.17. The summed E-state index contributed by atoms with van der Waals surface area (Å²) in [4.78, 5) is 0. The van der Waals surface area contributed by atoms with Gasteiger partial charge in [-0.3, -0.25) is 4.68 Å². The summed E-state index contributed by atoms with van der Waals surface area (Å²) in [5, 5.41) is 6.27. The Kier molecular flexibility index (Phi) is 4.17. The van der Waals surface area contributed by atoms with Crippen LogP contribution in [0.1, 0.15) is 11.3 Å². The van der Waals surface area contributed by atoms with Crippen molar-refractivity contribution in [1.29, 1.82) is 0 Å². The van der Waals surface area contributed by atoms with E-state index in [4.69, 9.17) is 11.6 Å². The van der Waals surface area contributed by atoms with Crippen molar-refractivity contribution in [3.8, 4) is 0 Å². The Hall–Kier alpha value is -0.450. The number of benzene rings is 1. The van der Waals surface area contributed by atoms with Gasteiger partial charge in [0, 0.05) is 22.3 Å². The second kappa shape index (κ2) is 5.46. The highest BCUT2D eigenvalue weighted by atomic mass is 79.9. The summed E-state index contributed by atoms with van der Waals surface area (Å²) in [7, 11) is 1.96. The first kappa shape index (κ1) is 13.0. The van der Waals surface area contributed by atoms with Gasteiger partial charge in [-0.05, 0) is 30.7 Å². The van der Waals surface area contributed by atoms with Gasteiger partial charge in [0.15, 0.2) is 0 Å². The fraction of sp³-hybridized carbons (Fsp3) is 0.250. The first-order valence-electron chi connectivity index (χ1n) is 5.13. The van der Waals surface area contributed by atoms with Gasteiger partial charge in [0.25, 0.3) is 0 Å². The van der Waals surface area contributed by atoms with Gasteiger partial charge >= 0.3 is 0 Å². The Labute approximate surface area is 118 Å². The Balaban J connectivity index is 2.10. The summed E-state index contributed by atoms with van der Waals surface area (Å²) in [5.74, 6) is 0.852. The molecule has 2 aromatic rings. The third-order valence-corrected chi connectivity index (χ3v) is 4.33. The van der Waals surface area contributed by atoms with Gasteiger partial charge in [-0.15, -0.1) is 11.8 Å². The van der Waals surface area contributed by atoms with Crippen molar-refractivity contribution < 1.29 is 0 Å². The number of thioether (sulfide) groups is 1. The van der Waals surface area contributed by atoms with Crippen molar-refractivity contribution in [1.82, 2.24) is 9.78 Å². The molecule has 0 N–H and O–H groups in total. The van der Waals surface area contributed by atoms with Crippen LogP contribution in [0, 0.1) is 6.92 Å². The number of rotatable bonds is 3. The van der Waals surface area contributed by atoms with Crippen molar-refractivity contribution in [2.24, 2.45) is 7.05 Å². The second-order valence-electron chi connectivity index (χ2n) is 3.77. The number of halogens is 2. The lowest BCUT2D eigenvalue weighted by Crippen LogP contribution is -1.93. The van der Waals surface area contributed by atoms with Crippen molar-refractivity contribution in [2.75, 3.05) is 0 Å². The molecular formula is C12H12BrClN2S. The molecule has 0 spiro atoms. The molecule has 0 aliphatic heterocycles. The molecule has 1 heterocycles. The number of aryl methyl sites for hydroxylation is 2. The molecule has 0 fully saturated rings. The molecule has 0 saturated heterocycles. The summed E-state index contributed by atoms with van der Waals surface area (Å²) >= 11 is 11.3. The number of aromatic nitrogens is 2. The van der Waals surface area contributed by atoms with Crippen LogP contribution >= 0.6 is 39.3 Å². The third kappa shape index (κ3) is 3.27. The molecule has 0 radical (unpaired) electrons. The smallest absolute Gasteiger partial charge is 0.0942 e. The molecule has 17 heavy (non-hydrogen) atoms. The Bertz CT molecular complexity index is 539. The summed E-state index contributed by atoms with van der Waals surface area (Å²) in [6.45, 7) is 2.00. The van der Waals surface area contributed by atoms with Gasteiger partial charge in [0.05, 0.1) is 10.7 Å². The van der Waals surface area contributed by atoms with Crippen LogP contribution in [-0.4, -0.2) is 9.78 Å². The van der Waals surface area contributed by atoms with E-state index in [0.717, 1.165) is 31.5 Å². The number of nitrogens with zero attached hydrogens (tertiary/aromatic N) is 2. The summed E-state index contributed by atoms with van der Waals surface area (Å²) in [6.07, 6.45) is 0. The molecule has 90 valence electrons. The minimum atomic E-state index is 0.797. The largest absolute Gasteiger partial charge is 0.262 e. The molecule has 0 saturated carbocycles. The van der Waals surface area contributed by atoms with Crippen LogP contribution in [-0.2, 0) is 12.8 Å². The highest BCUT2D eigenvalue weighted by molar-refractivity contribution is 9.10. The molecule has 0 aliphatic carbocycles. The first-order valence-corrected chi connectivity index (χ1v) is 7.29. The quantitative estimate of drug-likeness (QED) is 0.774. The summed E-state index contributed by atoms with van der Waals surface area (Å²) in [5.41, 5.74) is 2.18. The van der Waals surface area contributed by atoms with Crippen LogP contribution in [0.15, 0.2) is 33.8 Å². The lowest BCUT2D eigenvalue weighted by atomic mass is 10.2. The Morgan fingerprint density at radius 2 is 2.18 bits per heavy atom. The molecule has 2 rings (SSSR count). The zero-order chi connectivity index (χ0) is 12.4. The Morgan fingerprint density at radius 1 is 1.41 bits per heavy atom. The molecule has 0 aliphatic rings. The zero-order valence-corrected chi connectivity index (χ0v) is 12.7. The summed E-state index contributed by atoms with van der Waals surface area (Å²) in [6, 6.07) is 8.06. The highest BCUT2D eigenvalue weighted by Gasteiger charge is 2.05. The zero-order valence-electron chi connectivity index (χ0n) is 9.58. The van der Waals surface area contributed by atoms with Gasteiger partial charge in [-0.2, -0.15) is 5.10 Å². The topological polar surface area (TPSA) is 17.8 Å². The van der Waals surface area contributed by atoms with E-state index >= 15 is 0 Å². The lowest BCUT2D eigenvalue weighted by molar-refractivity contribution is 0.692. The molecule has 2 nitrogen and oxygen atoms in total. The van der Waals surface area contributed by atoms with Gasteiger partial charge < -0.3 is 0 Å². The van der Waals surface area contributed by atoms with Gasteiger partial charge in [-0.25, -0.2) is 0 Å². The molecule has 0 atom stereocenters. The predicted molar refractivity (Wildman–Crippen MR) is 76.7 cm³/mol. The van der Waals surface area contributed by atoms with Gasteiger partial charge in [-0.1, -0.05) is 33.6 Å². The van der Waals surface area contributed by atoms with E-state index in [-0.39, 0.29) is 0 Å². The molecule has 0 bridgehead atoms. The van der Waals surface area contributed by atoms with E-state index in [2.05, 4.69) is 27.1 Å².